The zero-order valence-electron chi connectivity index (χ0n) is 9.39. The predicted octanol–water partition coefficient (Wildman–Crippen LogP) is 2.54. The van der Waals surface area contributed by atoms with Crippen molar-refractivity contribution in [2.75, 3.05) is 11.1 Å². The molecule has 0 aliphatic carbocycles. The van der Waals surface area contributed by atoms with Crippen molar-refractivity contribution >= 4 is 33.9 Å². The van der Waals surface area contributed by atoms with Crippen LogP contribution in [0, 0.1) is 0 Å². The Kier molecular flexibility index (Phi) is 3.01. The van der Waals surface area contributed by atoms with Crippen molar-refractivity contribution in [3.8, 4) is 0 Å². The zero-order valence-corrected chi connectivity index (χ0v) is 11.0. The summed E-state index contributed by atoms with van der Waals surface area (Å²) in [5.74, 6) is 1.23. The van der Waals surface area contributed by atoms with Crippen LogP contribution in [0.25, 0.3) is 0 Å². The number of aryl methyl sites for hydroxylation is 1. The Balaban J connectivity index is 1.99. The fourth-order valence-corrected chi connectivity index (χ4v) is 3.42. The molecule has 3 rings (SSSR count). The molecule has 18 heavy (non-hydrogen) atoms. The molecule has 1 unspecified atom stereocenters. The van der Waals surface area contributed by atoms with Crippen LogP contribution in [-0.2, 0) is 17.2 Å². The summed E-state index contributed by atoms with van der Waals surface area (Å²) in [7, 11) is -1.01. The van der Waals surface area contributed by atoms with Crippen LogP contribution in [0.15, 0.2) is 35.5 Å². The number of hydrogen-bond acceptors (Lipinski definition) is 4. The first kappa shape index (κ1) is 11.6. The standard InChI is InChI=1S/C12H10ClN3OS/c13-8-2-1-3-9(6-8)16-12-11-10(14-7-15-12)4-5-18(11)17/h1-3,6-7H,4-5H2,(H,14,15,16). The van der Waals surface area contributed by atoms with E-state index in [4.69, 9.17) is 11.6 Å². The molecule has 0 bridgehead atoms. The predicted molar refractivity (Wildman–Crippen MR) is 71.7 cm³/mol. The minimum atomic E-state index is -1.01. The maximum Gasteiger partial charge on any atom is 0.150 e. The molecule has 2 aromatic rings. The average molecular weight is 280 g/mol. The van der Waals surface area contributed by atoms with Gasteiger partial charge in [-0.15, -0.1) is 0 Å². The number of nitrogens with one attached hydrogen (secondary N) is 1. The monoisotopic (exact) mass is 279 g/mol. The van der Waals surface area contributed by atoms with Crippen molar-refractivity contribution in [3.05, 3.63) is 41.3 Å². The van der Waals surface area contributed by atoms with Crippen LogP contribution in [0.4, 0.5) is 11.5 Å². The SMILES string of the molecule is O=S1CCc2ncnc(Nc3cccc(Cl)c3)c21. The lowest BCUT2D eigenvalue weighted by Gasteiger charge is -2.08. The Morgan fingerprint density at radius 1 is 1.33 bits per heavy atom. The Bertz CT molecular complexity index is 632. The molecule has 1 aliphatic rings. The summed E-state index contributed by atoms with van der Waals surface area (Å²) < 4.78 is 11.9. The molecular weight excluding hydrogens is 270 g/mol. The van der Waals surface area contributed by atoms with Gasteiger partial charge in [-0.05, 0) is 18.2 Å². The highest BCUT2D eigenvalue weighted by Crippen LogP contribution is 2.29. The van der Waals surface area contributed by atoms with Gasteiger partial charge in [0.15, 0.2) is 0 Å². The summed E-state index contributed by atoms with van der Waals surface area (Å²) in [6.45, 7) is 0. The number of anilines is 2. The van der Waals surface area contributed by atoms with E-state index in [1.165, 1.54) is 6.33 Å². The van der Waals surface area contributed by atoms with E-state index >= 15 is 0 Å². The van der Waals surface area contributed by atoms with Gasteiger partial charge >= 0.3 is 0 Å². The third kappa shape index (κ3) is 2.11. The second-order valence-electron chi connectivity index (χ2n) is 3.93. The third-order valence-corrected chi connectivity index (χ3v) is 4.41. The van der Waals surface area contributed by atoms with E-state index in [9.17, 15) is 4.21 Å². The van der Waals surface area contributed by atoms with Crippen molar-refractivity contribution in [1.29, 1.82) is 0 Å². The van der Waals surface area contributed by atoms with Crippen LogP contribution in [0.5, 0.6) is 0 Å². The Morgan fingerprint density at radius 3 is 3.06 bits per heavy atom. The summed E-state index contributed by atoms with van der Waals surface area (Å²) in [4.78, 5) is 9.05. The van der Waals surface area contributed by atoms with Crippen molar-refractivity contribution in [1.82, 2.24) is 9.97 Å². The van der Waals surface area contributed by atoms with Gasteiger partial charge in [0, 0.05) is 22.9 Å². The molecule has 1 aromatic carbocycles. The molecule has 2 heterocycles. The van der Waals surface area contributed by atoms with Gasteiger partial charge in [-0.2, -0.15) is 0 Å². The second-order valence-corrected chi connectivity index (χ2v) is 5.88. The topological polar surface area (TPSA) is 54.9 Å². The molecule has 0 saturated carbocycles. The summed E-state index contributed by atoms with van der Waals surface area (Å²) in [6, 6.07) is 7.34. The molecule has 0 fully saturated rings. The smallest absolute Gasteiger partial charge is 0.150 e. The quantitative estimate of drug-likeness (QED) is 0.918. The molecule has 1 aliphatic heterocycles. The van der Waals surface area contributed by atoms with Gasteiger partial charge in [0.05, 0.1) is 16.5 Å². The highest BCUT2D eigenvalue weighted by Gasteiger charge is 2.24. The Labute approximate surface area is 112 Å². The fraction of sp³-hybridized carbons (Fsp3) is 0.167. The minimum absolute atomic E-state index is 0.609. The van der Waals surface area contributed by atoms with E-state index in [0.29, 0.717) is 16.6 Å². The van der Waals surface area contributed by atoms with Crippen LogP contribution >= 0.6 is 11.6 Å². The maximum absolute atomic E-state index is 11.9. The summed E-state index contributed by atoms with van der Waals surface area (Å²) in [5.41, 5.74) is 1.69. The van der Waals surface area contributed by atoms with Crippen LogP contribution in [0.1, 0.15) is 5.69 Å². The van der Waals surface area contributed by atoms with Crippen molar-refractivity contribution < 1.29 is 4.21 Å². The first-order chi connectivity index (χ1) is 8.74. The minimum Gasteiger partial charge on any atom is -0.339 e. The number of aromatic nitrogens is 2. The van der Waals surface area contributed by atoms with Crippen LogP contribution < -0.4 is 5.32 Å². The van der Waals surface area contributed by atoms with Gasteiger partial charge in [0.1, 0.15) is 17.0 Å². The molecule has 0 amide bonds. The molecule has 0 radical (unpaired) electrons. The fourth-order valence-electron chi connectivity index (χ4n) is 1.91. The number of halogens is 1. The van der Waals surface area contributed by atoms with Crippen LogP contribution in [-0.4, -0.2) is 19.9 Å². The van der Waals surface area contributed by atoms with Gasteiger partial charge in [0.2, 0.25) is 0 Å². The van der Waals surface area contributed by atoms with E-state index in [0.717, 1.165) is 22.7 Å². The largest absolute Gasteiger partial charge is 0.339 e. The first-order valence-electron chi connectivity index (χ1n) is 5.49. The third-order valence-electron chi connectivity index (χ3n) is 2.72. The number of benzene rings is 1. The Hall–Kier alpha value is -1.46. The highest BCUT2D eigenvalue weighted by atomic mass is 35.5. The number of nitrogens with zero attached hydrogens (tertiary/aromatic N) is 2. The zero-order chi connectivity index (χ0) is 12.5. The van der Waals surface area contributed by atoms with Gasteiger partial charge < -0.3 is 5.32 Å². The normalized spacial score (nSPS) is 17.5. The number of rotatable bonds is 2. The summed E-state index contributed by atoms with van der Waals surface area (Å²) >= 11 is 5.92. The Morgan fingerprint density at radius 2 is 2.22 bits per heavy atom. The van der Waals surface area contributed by atoms with Gasteiger partial charge in [0.25, 0.3) is 0 Å². The van der Waals surface area contributed by atoms with E-state index in [1.807, 2.05) is 12.1 Å². The van der Waals surface area contributed by atoms with Gasteiger partial charge in [-0.1, -0.05) is 17.7 Å². The van der Waals surface area contributed by atoms with Gasteiger partial charge in [-0.25, -0.2) is 9.97 Å². The molecule has 1 atom stereocenters. The molecular formula is C12H10ClN3OS. The number of fused-ring (bicyclic) bond motifs is 1. The lowest BCUT2D eigenvalue weighted by Crippen LogP contribution is -2.01. The first-order valence-corrected chi connectivity index (χ1v) is 7.18. The van der Waals surface area contributed by atoms with Crippen molar-refractivity contribution in [2.45, 2.75) is 11.3 Å². The van der Waals surface area contributed by atoms with Gasteiger partial charge in [-0.3, -0.25) is 4.21 Å². The molecule has 4 nitrogen and oxygen atoms in total. The lowest BCUT2D eigenvalue weighted by molar-refractivity contribution is 0.685. The second kappa shape index (κ2) is 4.66. The van der Waals surface area contributed by atoms with E-state index < -0.39 is 10.8 Å². The average Bonchev–Trinajstić information content (AvgIpc) is 2.72. The molecule has 0 saturated heterocycles. The molecule has 1 aromatic heterocycles. The maximum atomic E-state index is 11.9. The van der Waals surface area contributed by atoms with E-state index in [2.05, 4.69) is 15.3 Å². The molecule has 92 valence electrons. The van der Waals surface area contributed by atoms with Crippen LogP contribution in [0.3, 0.4) is 0 Å². The highest BCUT2D eigenvalue weighted by molar-refractivity contribution is 7.85. The number of hydrogen-bond donors (Lipinski definition) is 1. The van der Waals surface area contributed by atoms with E-state index in [-0.39, 0.29) is 0 Å². The van der Waals surface area contributed by atoms with Crippen molar-refractivity contribution in [3.63, 3.8) is 0 Å². The molecule has 6 heteroatoms. The summed E-state index contributed by atoms with van der Waals surface area (Å²) in [6.07, 6.45) is 2.24. The van der Waals surface area contributed by atoms with Crippen LogP contribution in [0.2, 0.25) is 5.02 Å². The molecule has 0 spiro atoms. The summed E-state index contributed by atoms with van der Waals surface area (Å²) in [5, 5.41) is 3.79. The van der Waals surface area contributed by atoms with Crippen molar-refractivity contribution in [2.24, 2.45) is 0 Å². The lowest BCUT2D eigenvalue weighted by atomic mass is 10.3. The van der Waals surface area contributed by atoms with E-state index in [1.54, 1.807) is 12.1 Å². The molecule has 1 N–H and O–H groups in total.